The van der Waals surface area contributed by atoms with Gasteiger partial charge in [-0.1, -0.05) is 0 Å². The zero-order valence-corrected chi connectivity index (χ0v) is 7.12. The Morgan fingerprint density at radius 2 is 1.43 bits per heavy atom. The lowest BCUT2D eigenvalue weighted by molar-refractivity contribution is -0.322. The van der Waals surface area contributed by atoms with Gasteiger partial charge in [0.25, 0.3) is 0 Å². The van der Waals surface area contributed by atoms with Gasteiger partial charge in [0.15, 0.2) is 0 Å². The highest BCUT2D eigenvalue weighted by molar-refractivity contribution is 4.76. The summed E-state index contributed by atoms with van der Waals surface area (Å²) in [5, 5.41) is 0. The van der Waals surface area contributed by atoms with E-state index in [1.165, 1.54) is 6.92 Å². The first kappa shape index (κ1) is 13.5. The molecule has 14 heavy (non-hydrogen) atoms. The fraction of sp³-hybridized carbons (Fsp3) is 1.00. The Kier molecular flexibility index (Phi) is 4.19. The molecule has 0 aromatic heterocycles. The third-order valence-electron chi connectivity index (χ3n) is 1.12. The van der Waals surface area contributed by atoms with E-state index in [-0.39, 0.29) is 0 Å². The van der Waals surface area contributed by atoms with Crippen molar-refractivity contribution in [1.82, 2.24) is 0 Å². The van der Waals surface area contributed by atoms with E-state index in [9.17, 15) is 26.3 Å². The van der Waals surface area contributed by atoms with Crippen molar-refractivity contribution in [3.05, 3.63) is 0 Å². The maximum absolute atomic E-state index is 11.8. The summed E-state index contributed by atoms with van der Waals surface area (Å²) in [6, 6.07) is -0.887. The molecule has 0 unspecified atom stereocenters. The van der Waals surface area contributed by atoms with Crippen LogP contribution in [0.2, 0.25) is 0 Å². The first-order chi connectivity index (χ1) is 6.05. The molecule has 0 radical (unpaired) electrons. The Balaban J connectivity index is 4.44. The minimum Gasteiger partial charge on any atom is -0.359 e. The molecule has 1 atom stereocenters. The van der Waals surface area contributed by atoms with Gasteiger partial charge in [0.2, 0.25) is 6.10 Å². The van der Waals surface area contributed by atoms with E-state index in [1.807, 2.05) is 0 Å². The van der Waals surface area contributed by atoms with Crippen LogP contribution in [0.25, 0.3) is 0 Å². The number of hydrogen-bond acceptors (Lipinski definition) is 2. The summed E-state index contributed by atoms with van der Waals surface area (Å²) < 4.78 is 74.3. The molecule has 0 aliphatic carbocycles. The maximum Gasteiger partial charge on any atom is 0.423 e. The summed E-state index contributed by atoms with van der Waals surface area (Å²) >= 11 is 0. The fourth-order valence-corrected chi connectivity index (χ4v) is 0.623. The normalized spacial score (nSPS) is 16.1. The van der Waals surface area contributed by atoms with Crippen molar-refractivity contribution in [2.75, 3.05) is 6.61 Å². The highest BCUT2D eigenvalue weighted by Crippen LogP contribution is 2.35. The van der Waals surface area contributed by atoms with E-state index in [0.29, 0.717) is 0 Å². The molecule has 0 bridgehead atoms. The highest BCUT2D eigenvalue weighted by Gasteiger charge is 2.57. The van der Waals surface area contributed by atoms with E-state index in [0.717, 1.165) is 0 Å². The second-order valence-corrected chi connectivity index (χ2v) is 2.77. The molecule has 86 valence electrons. The largest absolute Gasteiger partial charge is 0.423 e. The molecule has 0 aliphatic heterocycles. The van der Waals surface area contributed by atoms with Crippen molar-refractivity contribution in [3.8, 4) is 0 Å². The minimum absolute atomic E-state index is 0.802. The molecular formula is C6H9F6NO. The zero-order valence-electron chi connectivity index (χ0n) is 7.12. The molecule has 8 heteroatoms. The van der Waals surface area contributed by atoms with Crippen LogP contribution < -0.4 is 5.73 Å². The van der Waals surface area contributed by atoms with Gasteiger partial charge in [0.1, 0.15) is 0 Å². The lowest BCUT2D eigenvalue weighted by atomic mass is 10.3. The van der Waals surface area contributed by atoms with Crippen LogP contribution in [-0.2, 0) is 4.74 Å². The van der Waals surface area contributed by atoms with Crippen LogP contribution in [-0.4, -0.2) is 31.1 Å². The SMILES string of the molecule is C[C@@H](N)COC(C(F)(F)F)C(F)(F)F. The van der Waals surface area contributed by atoms with Crippen molar-refractivity contribution < 1.29 is 31.1 Å². The van der Waals surface area contributed by atoms with Gasteiger partial charge in [0, 0.05) is 6.04 Å². The molecule has 0 rings (SSSR count). The lowest BCUT2D eigenvalue weighted by Gasteiger charge is -2.23. The lowest BCUT2D eigenvalue weighted by Crippen LogP contribution is -2.46. The Morgan fingerprint density at radius 1 is 1.07 bits per heavy atom. The summed E-state index contributed by atoms with van der Waals surface area (Å²) in [5.74, 6) is 0. The predicted molar refractivity (Wildman–Crippen MR) is 35.5 cm³/mol. The first-order valence-electron chi connectivity index (χ1n) is 3.55. The molecule has 0 aromatic carbocycles. The average molecular weight is 225 g/mol. The fourth-order valence-electron chi connectivity index (χ4n) is 0.623. The topological polar surface area (TPSA) is 35.2 Å². The van der Waals surface area contributed by atoms with Crippen LogP contribution >= 0.6 is 0 Å². The molecule has 2 nitrogen and oxygen atoms in total. The third-order valence-corrected chi connectivity index (χ3v) is 1.12. The first-order valence-corrected chi connectivity index (χ1v) is 3.55. The molecule has 0 amide bonds. The van der Waals surface area contributed by atoms with E-state index >= 15 is 0 Å². The van der Waals surface area contributed by atoms with Gasteiger partial charge in [-0.15, -0.1) is 0 Å². The number of rotatable bonds is 3. The Hall–Kier alpha value is -0.500. The number of ether oxygens (including phenoxy) is 1. The smallest absolute Gasteiger partial charge is 0.359 e. The molecule has 0 aliphatic rings. The van der Waals surface area contributed by atoms with Crippen LogP contribution in [0.4, 0.5) is 26.3 Å². The Labute approximate surface area is 76.0 Å². The standard InChI is InChI=1S/C6H9F6NO/c1-3(13)2-14-4(5(7,8)9)6(10,11)12/h3-4H,2,13H2,1H3/t3-/m1/s1. The highest BCUT2D eigenvalue weighted by atomic mass is 19.4. The molecule has 0 heterocycles. The maximum atomic E-state index is 11.8. The van der Waals surface area contributed by atoms with E-state index in [4.69, 9.17) is 5.73 Å². The van der Waals surface area contributed by atoms with E-state index < -0.39 is 31.1 Å². The number of nitrogens with two attached hydrogens (primary N) is 1. The molecule has 2 N–H and O–H groups in total. The summed E-state index contributed by atoms with van der Waals surface area (Å²) in [6.45, 7) is 0.438. The van der Waals surface area contributed by atoms with Crippen LogP contribution in [0.1, 0.15) is 6.92 Å². The summed E-state index contributed by atoms with van der Waals surface area (Å²) in [5.41, 5.74) is 4.97. The van der Waals surface area contributed by atoms with E-state index in [1.54, 1.807) is 0 Å². The van der Waals surface area contributed by atoms with Crippen LogP contribution in [0.3, 0.4) is 0 Å². The van der Waals surface area contributed by atoms with Crippen molar-refractivity contribution in [3.63, 3.8) is 0 Å². The molecular weight excluding hydrogens is 216 g/mol. The molecule has 0 saturated carbocycles. The van der Waals surface area contributed by atoms with Gasteiger partial charge in [-0.05, 0) is 6.92 Å². The number of alkyl halides is 6. The van der Waals surface area contributed by atoms with Crippen molar-refractivity contribution in [1.29, 1.82) is 0 Å². The second kappa shape index (κ2) is 4.35. The van der Waals surface area contributed by atoms with Gasteiger partial charge < -0.3 is 10.5 Å². The predicted octanol–water partition coefficient (Wildman–Crippen LogP) is 1.84. The van der Waals surface area contributed by atoms with Gasteiger partial charge >= 0.3 is 12.4 Å². The van der Waals surface area contributed by atoms with Crippen molar-refractivity contribution >= 4 is 0 Å². The van der Waals surface area contributed by atoms with Gasteiger partial charge in [-0.2, -0.15) is 26.3 Å². The molecule has 0 fully saturated rings. The summed E-state index contributed by atoms with van der Waals surface area (Å²) in [6.07, 6.45) is -14.7. The third kappa shape index (κ3) is 4.66. The summed E-state index contributed by atoms with van der Waals surface area (Å²) in [4.78, 5) is 0. The number of halogens is 6. The van der Waals surface area contributed by atoms with Gasteiger partial charge in [-0.25, -0.2) is 0 Å². The quantitative estimate of drug-likeness (QED) is 0.744. The monoisotopic (exact) mass is 225 g/mol. The molecule has 0 aromatic rings. The Bertz CT molecular complexity index is 160. The van der Waals surface area contributed by atoms with Gasteiger partial charge in [-0.3, -0.25) is 0 Å². The zero-order chi connectivity index (χ0) is 11.6. The van der Waals surface area contributed by atoms with E-state index in [2.05, 4.69) is 4.74 Å². The molecule has 0 spiro atoms. The van der Waals surface area contributed by atoms with Crippen LogP contribution in [0.15, 0.2) is 0 Å². The van der Waals surface area contributed by atoms with Crippen LogP contribution in [0.5, 0.6) is 0 Å². The van der Waals surface area contributed by atoms with Crippen LogP contribution in [0, 0.1) is 0 Å². The minimum atomic E-state index is -5.47. The number of hydrogen-bond donors (Lipinski definition) is 1. The second-order valence-electron chi connectivity index (χ2n) is 2.77. The van der Waals surface area contributed by atoms with Crippen molar-refractivity contribution in [2.24, 2.45) is 5.73 Å². The molecule has 0 saturated heterocycles. The Morgan fingerprint density at radius 3 is 1.64 bits per heavy atom. The van der Waals surface area contributed by atoms with Crippen molar-refractivity contribution in [2.45, 2.75) is 31.4 Å². The summed E-state index contributed by atoms with van der Waals surface area (Å²) in [7, 11) is 0. The van der Waals surface area contributed by atoms with Gasteiger partial charge in [0.05, 0.1) is 6.61 Å². The average Bonchev–Trinajstić information content (AvgIpc) is 1.78.